The number of halogens is 3. The lowest BCUT2D eigenvalue weighted by molar-refractivity contribution is -0.115. The van der Waals surface area contributed by atoms with Crippen molar-refractivity contribution < 1.29 is 18.0 Å². The third kappa shape index (κ3) is 4.85. The molecule has 0 radical (unpaired) electrons. The van der Waals surface area contributed by atoms with Gasteiger partial charge < -0.3 is 10.3 Å². The van der Waals surface area contributed by atoms with Gasteiger partial charge >= 0.3 is 0 Å². The van der Waals surface area contributed by atoms with Gasteiger partial charge in [0, 0.05) is 36.0 Å². The summed E-state index contributed by atoms with van der Waals surface area (Å²) in [6.45, 7) is 3.75. The van der Waals surface area contributed by atoms with Crippen molar-refractivity contribution in [2.24, 2.45) is 5.10 Å². The van der Waals surface area contributed by atoms with E-state index in [1.165, 1.54) is 17.4 Å². The maximum Gasteiger partial charge on any atom is 0.215 e. The molecule has 0 unspecified atom stereocenters. The number of anilines is 2. The fraction of sp³-hybridized carbons (Fsp3) is 0.200. The van der Waals surface area contributed by atoms with Crippen LogP contribution in [0.4, 0.5) is 24.7 Å². The van der Waals surface area contributed by atoms with Gasteiger partial charge in [-0.15, -0.1) is 0 Å². The van der Waals surface area contributed by atoms with Crippen LogP contribution in [0, 0.1) is 17.5 Å². The van der Waals surface area contributed by atoms with E-state index in [2.05, 4.69) is 15.1 Å². The molecule has 2 aromatic carbocycles. The number of aromatic nitrogens is 3. The van der Waals surface area contributed by atoms with Gasteiger partial charge in [0.2, 0.25) is 6.41 Å². The molecule has 2 heterocycles. The molecule has 0 spiro atoms. The highest BCUT2D eigenvalue weighted by Crippen LogP contribution is 2.36. The summed E-state index contributed by atoms with van der Waals surface area (Å²) in [4.78, 5) is 20.8. The summed E-state index contributed by atoms with van der Waals surface area (Å²) in [5.74, 6) is -1.53. The summed E-state index contributed by atoms with van der Waals surface area (Å²) in [5, 5.41) is 6.04. The normalized spacial score (nSPS) is 11.5. The Morgan fingerprint density at radius 1 is 1.08 bits per heavy atom. The van der Waals surface area contributed by atoms with Crippen LogP contribution in [0.15, 0.2) is 54.0 Å². The highest BCUT2D eigenvalue weighted by Gasteiger charge is 2.19. The minimum Gasteiger partial charge on any atom is -0.383 e. The molecule has 0 atom stereocenters. The minimum absolute atomic E-state index is 0.00425. The van der Waals surface area contributed by atoms with Crippen molar-refractivity contribution in [2.45, 2.75) is 26.4 Å². The summed E-state index contributed by atoms with van der Waals surface area (Å²) >= 11 is 0. The first-order valence-electron chi connectivity index (χ1n) is 11.0. The summed E-state index contributed by atoms with van der Waals surface area (Å²) in [5.41, 5.74) is 7.99. The third-order valence-electron chi connectivity index (χ3n) is 5.68. The van der Waals surface area contributed by atoms with Crippen molar-refractivity contribution in [3.63, 3.8) is 0 Å². The maximum absolute atomic E-state index is 15.3. The molecule has 186 valence electrons. The van der Waals surface area contributed by atoms with Crippen LogP contribution in [-0.2, 0) is 11.3 Å². The average molecular weight is 496 g/mol. The molecule has 11 heteroatoms. The highest BCUT2D eigenvalue weighted by atomic mass is 19.1. The van der Waals surface area contributed by atoms with E-state index in [0.29, 0.717) is 34.3 Å². The predicted molar refractivity (Wildman–Crippen MR) is 133 cm³/mol. The van der Waals surface area contributed by atoms with Crippen molar-refractivity contribution in [1.29, 1.82) is 0 Å². The molecule has 4 rings (SSSR count). The fourth-order valence-corrected chi connectivity index (χ4v) is 3.81. The summed E-state index contributed by atoms with van der Waals surface area (Å²) in [6.07, 6.45) is 4.76. The molecule has 1 amide bonds. The summed E-state index contributed by atoms with van der Waals surface area (Å²) < 4.78 is 44.5. The van der Waals surface area contributed by atoms with Crippen LogP contribution in [0.2, 0.25) is 0 Å². The maximum atomic E-state index is 15.3. The van der Waals surface area contributed by atoms with Gasteiger partial charge in [-0.3, -0.25) is 14.7 Å². The number of hydrazone groups is 1. The first kappa shape index (κ1) is 24.7. The van der Waals surface area contributed by atoms with Gasteiger partial charge in [0.05, 0.1) is 17.6 Å². The van der Waals surface area contributed by atoms with Crippen LogP contribution < -0.4 is 10.7 Å². The lowest BCUT2D eigenvalue weighted by atomic mass is 10.0. The predicted octanol–water partition coefficient (Wildman–Crippen LogP) is 4.72. The molecule has 0 bridgehead atoms. The van der Waals surface area contributed by atoms with Crippen LogP contribution >= 0.6 is 0 Å². The zero-order valence-corrected chi connectivity index (χ0v) is 19.9. The number of hydrogen-bond donors (Lipinski definition) is 1. The molecule has 2 N–H and O–H groups in total. The van der Waals surface area contributed by atoms with E-state index in [4.69, 9.17) is 5.73 Å². The number of hydrogen-bond acceptors (Lipinski definition) is 6. The van der Waals surface area contributed by atoms with Crippen molar-refractivity contribution in [3.05, 3.63) is 71.9 Å². The molecule has 2 aromatic heterocycles. The number of fused-ring (bicyclic) bond motifs is 1. The molecule has 36 heavy (non-hydrogen) atoms. The van der Waals surface area contributed by atoms with Gasteiger partial charge in [-0.2, -0.15) is 5.10 Å². The second-order valence-corrected chi connectivity index (χ2v) is 8.43. The number of nitrogen functional groups attached to an aromatic ring is 1. The summed E-state index contributed by atoms with van der Waals surface area (Å²) in [7, 11) is 1.56. The Bertz CT molecular complexity index is 1450. The first-order chi connectivity index (χ1) is 17.2. The Hall–Kier alpha value is -4.41. The molecule has 0 aliphatic heterocycles. The molecule has 0 fully saturated rings. The number of nitrogens with zero attached hydrogens (tertiary/aromatic N) is 6. The minimum atomic E-state index is -0.646. The smallest absolute Gasteiger partial charge is 0.215 e. The molecule has 0 aliphatic rings. The van der Waals surface area contributed by atoms with Crippen LogP contribution in [0.5, 0.6) is 0 Å². The lowest BCUT2D eigenvalue weighted by Gasteiger charge is -2.17. The van der Waals surface area contributed by atoms with Crippen LogP contribution in [-0.4, -0.2) is 39.2 Å². The van der Waals surface area contributed by atoms with E-state index >= 15 is 4.39 Å². The molecule has 8 nitrogen and oxygen atoms in total. The highest BCUT2D eigenvalue weighted by molar-refractivity contribution is 6.01. The number of carbonyl (C=O) groups excluding carboxylic acids is 1. The van der Waals surface area contributed by atoms with Gasteiger partial charge in [0.1, 0.15) is 41.6 Å². The topological polar surface area (TPSA) is 92.6 Å². The largest absolute Gasteiger partial charge is 0.383 e. The summed E-state index contributed by atoms with van der Waals surface area (Å²) in [6, 6.07) is 7.61. The van der Waals surface area contributed by atoms with Gasteiger partial charge in [0.25, 0.3) is 0 Å². The lowest BCUT2D eigenvalue weighted by Crippen LogP contribution is -2.22. The fourth-order valence-electron chi connectivity index (χ4n) is 3.81. The average Bonchev–Trinajstić information content (AvgIpc) is 3.24. The number of rotatable bonds is 8. The van der Waals surface area contributed by atoms with Crippen molar-refractivity contribution >= 4 is 35.3 Å². The SMILES string of the molecule is CC(C)n1cc(-c2ccc(N(C)/N=C\N(C=O)Cc3cc(F)ccc3F)cc2F)c2c(N)ncnc21. The van der Waals surface area contributed by atoms with Crippen molar-refractivity contribution in [1.82, 2.24) is 19.4 Å². The number of amides is 1. The first-order valence-corrected chi connectivity index (χ1v) is 11.0. The zero-order valence-electron chi connectivity index (χ0n) is 19.9. The van der Waals surface area contributed by atoms with Gasteiger partial charge in [0.15, 0.2) is 0 Å². The Morgan fingerprint density at radius 2 is 1.86 bits per heavy atom. The molecule has 0 saturated carbocycles. The van der Waals surface area contributed by atoms with Gasteiger partial charge in [-0.1, -0.05) is 0 Å². The van der Waals surface area contributed by atoms with E-state index in [9.17, 15) is 13.6 Å². The Labute approximate surface area is 205 Å². The Kier molecular flexibility index (Phi) is 6.91. The molecule has 0 aliphatic carbocycles. The Morgan fingerprint density at radius 3 is 2.56 bits per heavy atom. The van der Waals surface area contributed by atoms with E-state index in [1.54, 1.807) is 25.4 Å². The van der Waals surface area contributed by atoms with E-state index in [0.717, 1.165) is 29.4 Å². The van der Waals surface area contributed by atoms with E-state index in [1.807, 2.05) is 18.4 Å². The number of carbonyl (C=O) groups is 1. The van der Waals surface area contributed by atoms with Crippen molar-refractivity contribution in [2.75, 3.05) is 17.8 Å². The second kappa shape index (κ2) is 10.1. The number of nitrogens with two attached hydrogens (primary N) is 1. The zero-order chi connectivity index (χ0) is 26.0. The van der Waals surface area contributed by atoms with Crippen LogP contribution in [0.3, 0.4) is 0 Å². The molecular formula is C25H24F3N7O. The van der Waals surface area contributed by atoms with Crippen LogP contribution in [0.25, 0.3) is 22.2 Å². The molecule has 0 saturated heterocycles. The van der Waals surface area contributed by atoms with Crippen LogP contribution in [0.1, 0.15) is 25.5 Å². The van der Waals surface area contributed by atoms with Gasteiger partial charge in [-0.05, 0) is 50.2 Å². The second-order valence-electron chi connectivity index (χ2n) is 8.43. The standard InChI is InChI=1S/C25H24F3N7O/c1-15(2)35-11-20(23-24(29)30-12-31-25(23)35)19-6-5-18(9-22(19)28)33(3)32-13-34(14-36)10-16-8-17(26)4-7-21(16)27/h4-9,11-15H,10H2,1-3H3,(H2,29,30,31)/b32-13-. The molecular weight excluding hydrogens is 471 g/mol. The van der Waals surface area contributed by atoms with E-state index < -0.39 is 17.5 Å². The Balaban J connectivity index is 1.59. The van der Waals surface area contributed by atoms with E-state index in [-0.39, 0.29) is 24.0 Å². The number of benzene rings is 2. The van der Waals surface area contributed by atoms with Gasteiger partial charge in [-0.25, -0.2) is 23.1 Å². The van der Waals surface area contributed by atoms with Crippen molar-refractivity contribution in [3.8, 4) is 11.1 Å². The quantitative estimate of drug-likeness (QED) is 0.165. The third-order valence-corrected chi connectivity index (χ3v) is 5.68. The monoisotopic (exact) mass is 495 g/mol. The molecule has 4 aromatic rings.